The van der Waals surface area contributed by atoms with E-state index in [-0.39, 0.29) is 11.4 Å². The topological polar surface area (TPSA) is 51.0 Å². The van der Waals surface area contributed by atoms with Crippen LogP contribution in [0.25, 0.3) is 11.5 Å². The van der Waals surface area contributed by atoms with E-state index in [1.54, 1.807) is 6.07 Å². The van der Waals surface area contributed by atoms with E-state index >= 15 is 0 Å². The molecule has 0 bridgehead atoms. The van der Waals surface area contributed by atoms with E-state index in [1.807, 2.05) is 0 Å². The highest BCUT2D eigenvalue weighted by Crippen LogP contribution is 2.28. The Labute approximate surface area is 132 Å². The maximum atomic E-state index is 13.3. The standard InChI is InChI=1S/C15H19BrFN3O/c1-15(2,3)18-8-4-5-13-19-20-14(21-13)11-9-10(17)6-7-12(11)16/h6-7,9,18H,4-5,8H2,1-3H3. The van der Waals surface area contributed by atoms with Gasteiger partial charge in [0.25, 0.3) is 0 Å². The lowest BCUT2D eigenvalue weighted by molar-refractivity contribution is 0.412. The Morgan fingerprint density at radius 3 is 2.76 bits per heavy atom. The molecule has 1 aromatic heterocycles. The summed E-state index contributed by atoms with van der Waals surface area (Å²) in [5, 5.41) is 11.4. The predicted octanol–water partition coefficient (Wildman–Crippen LogP) is 3.96. The van der Waals surface area contributed by atoms with Gasteiger partial charge in [0.2, 0.25) is 11.8 Å². The second-order valence-corrected chi connectivity index (χ2v) is 6.76. The van der Waals surface area contributed by atoms with Crippen molar-refractivity contribution in [3.63, 3.8) is 0 Å². The molecular formula is C15H19BrFN3O. The summed E-state index contributed by atoms with van der Waals surface area (Å²) in [5.74, 6) is 0.569. The lowest BCUT2D eigenvalue weighted by Gasteiger charge is -2.19. The molecule has 1 aromatic carbocycles. The average Bonchev–Trinajstić information content (AvgIpc) is 2.85. The molecular weight excluding hydrogens is 337 g/mol. The molecule has 0 unspecified atom stereocenters. The van der Waals surface area contributed by atoms with Gasteiger partial charge in [-0.1, -0.05) is 0 Å². The van der Waals surface area contributed by atoms with Crippen LogP contribution < -0.4 is 5.32 Å². The molecule has 0 aliphatic carbocycles. The van der Waals surface area contributed by atoms with Gasteiger partial charge < -0.3 is 9.73 Å². The number of hydrogen-bond acceptors (Lipinski definition) is 4. The van der Waals surface area contributed by atoms with Gasteiger partial charge in [0.1, 0.15) is 5.82 Å². The van der Waals surface area contributed by atoms with E-state index in [2.05, 4.69) is 52.2 Å². The lowest BCUT2D eigenvalue weighted by atomic mass is 10.1. The molecule has 6 heteroatoms. The number of rotatable bonds is 5. The monoisotopic (exact) mass is 355 g/mol. The molecule has 4 nitrogen and oxygen atoms in total. The normalized spacial score (nSPS) is 11.9. The van der Waals surface area contributed by atoms with Crippen LogP contribution in [-0.2, 0) is 6.42 Å². The zero-order valence-electron chi connectivity index (χ0n) is 12.4. The number of halogens is 2. The predicted molar refractivity (Wildman–Crippen MR) is 83.5 cm³/mol. The molecule has 21 heavy (non-hydrogen) atoms. The van der Waals surface area contributed by atoms with Crippen molar-refractivity contribution in [3.8, 4) is 11.5 Å². The zero-order valence-corrected chi connectivity index (χ0v) is 14.0. The molecule has 0 radical (unpaired) electrons. The highest BCUT2D eigenvalue weighted by Gasteiger charge is 2.13. The summed E-state index contributed by atoms with van der Waals surface area (Å²) in [5.41, 5.74) is 0.674. The summed E-state index contributed by atoms with van der Waals surface area (Å²) in [6.45, 7) is 7.25. The van der Waals surface area contributed by atoms with E-state index in [4.69, 9.17) is 4.42 Å². The molecule has 0 spiro atoms. The first-order chi connectivity index (χ1) is 9.85. The Kier molecular flexibility index (Phi) is 5.11. The average molecular weight is 356 g/mol. The minimum Gasteiger partial charge on any atom is -0.421 e. The first kappa shape index (κ1) is 16.1. The van der Waals surface area contributed by atoms with E-state index in [9.17, 15) is 4.39 Å². The maximum Gasteiger partial charge on any atom is 0.248 e. The second kappa shape index (κ2) is 6.66. The van der Waals surface area contributed by atoms with Crippen molar-refractivity contribution >= 4 is 15.9 Å². The fraction of sp³-hybridized carbons (Fsp3) is 0.467. The molecule has 0 aliphatic rings. The number of aryl methyl sites for hydroxylation is 1. The number of aromatic nitrogens is 2. The van der Waals surface area contributed by atoms with Crippen molar-refractivity contribution in [2.24, 2.45) is 0 Å². The quantitative estimate of drug-likeness (QED) is 0.824. The third-order valence-corrected chi connectivity index (χ3v) is 3.54. The van der Waals surface area contributed by atoms with Gasteiger partial charge in [0.15, 0.2) is 0 Å². The molecule has 1 heterocycles. The number of nitrogens with zero attached hydrogens (tertiary/aromatic N) is 2. The van der Waals surface area contributed by atoms with Crippen molar-refractivity contribution in [1.82, 2.24) is 15.5 Å². The Morgan fingerprint density at radius 2 is 2.05 bits per heavy atom. The number of hydrogen-bond donors (Lipinski definition) is 1. The molecule has 0 aliphatic heterocycles. The highest BCUT2D eigenvalue weighted by atomic mass is 79.9. The highest BCUT2D eigenvalue weighted by molar-refractivity contribution is 9.10. The van der Waals surface area contributed by atoms with E-state index in [0.29, 0.717) is 23.8 Å². The summed E-state index contributed by atoms with van der Waals surface area (Å²) in [4.78, 5) is 0. The SMILES string of the molecule is CC(C)(C)NCCCc1nnc(-c2cc(F)ccc2Br)o1. The molecule has 2 aromatic rings. The number of nitrogens with one attached hydrogen (secondary N) is 1. The van der Waals surface area contributed by atoms with Crippen molar-refractivity contribution in [2.75, 3.05) is 6.54 Å². The first-order valence-electron chi connectivity index (χ1n) is 6.88. The largest absolute Gasteiger partial charge is 0.421 e. The van der Waals surface area contributed by atoms with Crippen LogP contribution in [0.4, 0.5) is 4.39 Å². The van der Waals surface area contributed by atoms with E-state index < -0.39 is 0 Å². The van der Waals surface area contributed by atoms with Crippen LogP contribution in [-0.4, -0.2) is 22.3 Å². The summed E-state index contributed by atoms with van der Waals surface area (Å²) in [6.07, 6.45) is 1.60. The first-order valence-corrected chi connectivity index (χ1v) is 7.67. The maximum absolute atomic E-state index is 13.3. The van der Waals surface area contributed by atoms with Crippen LogP contribution >= 0.6 is 15.9 Å². The molecule has 0 fully saturated rings. The smallest absolute Gasteiger partial charge is 0.248 e. The lowest BCUT2D eigenvalue weighted by Crippen LogP contribution is -2.36. The van der Waals surface area contributed by atoms with Gasteiger partial charge in [-0.05, 0) is 67.9 Å². The zero-order chi connectivity index (χ0) is 15.5. The summed E-state index contributed by atoms with van der Waals surface area (Å²) in [7, 11) is 0. The van der Waals surface area contributed by atoms with Crippen LogP contribution in [0.2, 0.25) is 0 Å². The fourth-order valence-electron chi connectivity index (χ4n) is 1.83. The van der Waals surface area contributed by atoms with Gasteiger partial charge in [0.05, 0.1) is 5.56 Å². The molecule has 0 saturated heterocycles. The van der Waals surface area contributed by atoms with E-state index in [1.165, 1.54) is 12.1 Å². The third kappa shape index (κ3) is 4.89. The Hall–Kier alpha value is -1.27. The van der Waals surface area contributed by atoms with Gasteiger partial charge in [-0.25, -0.2) is 4.39 Å². The summed E-state index contributed by atoms with van der Waals surface area (Å²) >= 11 is 3.36. The van der Waals surface area contributed by atoms with Crippen molar-refractivity contribution in [3.05, 3.63) is 34.4 Å². The van der Waals surface area contributed by atoms with Crippen LogP contribution in [0.3, 0.4) is 0 Å². The second-order valence-electron chi connectivity index (χ2n) is 5.91. The molecule has 0 atom stereocenters. The minimum atomic E-state index is -0.331. The Bertz CT molecular complexity index is 607. The molecule has 2 rings (SSSR count). The van der Waals surface area contributed by atoms with Gasteiger partial charge in [-0.3, -0.25) is 0 Å². The molecule has 114 valence electrons. The van der Waals surface area contributed by atoms with Gasteiger partial charge in [0, 0.05) is 16.4 Å². The van der Waals surface area contributed by atoms with Crippen LogP contribution in [0.15, 0.2) is 27.1 Å². The summed E-state index contributed by atoms with van der Waals surface area (Å²) in [6, 6.07) is 4.38. The number of benzene rings is 1. The molecule has 0 amide bonds. The molecule has 1 N–H and O–H groups in total. The fourth-order valence-corrected chi connectivity index (χ4v) is 2.24. The minimum absolute atomic E-state index is 0.104. The molecule has 0 saturated carbocycles. The van der Waals surface area contributed by atoms with Gasteiger partial charge in [-0.15, -0.1) is 10.2 Å². The van der Waals surface area contributed by atoms with Crippen LogP contribution in [0, 0.1) is 5.82 Å². The van der Waals surface area contributed by atoms with E-state index in [0.717, 1.165) is 17.4 Å². The Balaban J connectivity index is 1.97. The van der Waals surface area contributed by atoms with Crippen LogP contribution in [0.5, 0.6) is 0 Å². The summed E-state index contributed by atoms with van der Waals surface area (Å²) < 4.78 is 19.6. The third-order valence-electron chi connectivity index (χ3n) is 2.85. The Morgan fingerprint density at radius 1 is 1.29 bits per heavy atom. The van der Waals surface area contributed by atoms with Gasteiger partial charge in [-0.2, -0.15) is 0 Å². The van der Waals surface area contributed by atoms with Gasteiger partial charge >= 0.3 is 0 Å². The van der Waals surface area contributed by atoms with Crippen molar-refractivity contribution < 1.29 is 8.81 Å². The van der Waals surface area contributed by atoms with Crippen LogP contribution in [0.1, 0.15) is 33.1 Å². The van der Waals surface area contributed by atoms with Crippen molar-refractivity contribution in [2.45, 2.75) is 39.2 Å². The van der Waals surface area contributed by atoms with Crippen molar-refractivity contribution in [1.29, 1.82) is 0 Å².